The minimum Gasteiger partial charge on any atom is -0.328 e. The van der Waals surface area contributed by atoms with Gasteiger partial charge in [-0.25, -0.2) is 0 Å². The average Bonchev–Trinajstić information content (AvgIpc) is 2.38. The SMILES string of the molecule is CS(=O)Cc1cccc(NC(=O)C2CCCC(N)C2)c1.Cl. The lowest BCUT2D eigenvalue weighted by molar-refractivity contribution is -0.120. The summed E-state index contributed by atoms with van der Waals surface area (Å²) in [4.78, 5) is 12.2. The quantitative estimate of drug-likeness (QED) is 0.890. The van der Waals surface area contributed by atoms with Gasteiger partial charge in [0.05, 0.1) is 0 Å². The molecule has 1 fully saturated rings. The number of anilines is 1. The van der Waals surface area contributed by atoms with Gasteiger partial charge >= 0.3 is 0 Å². The van der Waals surface area contributed by atoms with Crippen molar-refractivity contribution in [1.29, 1.82) is 0 Å². The minimum atomic E-state index is -0.876. The lowest BCUT2D eigenvalue weighted by atomic mass is 9.85. The van der Waals surface area contributed by atoms with E-state index in [1.165, 1.54) is 0 Å². The van der Waals surface area contributed by atoms with Gasteiger partial charge in [-0.05, 0) is 37.0 Å². The van der Waals surface area contributed by atoms with Crippen LogP contribution in [0.25, 0.3) is 0 Å². The molecule has 0 aliphatic heterocycles. The van der Waals surface area contributed by atoms with Crippen LogP contribution in [0.1, 0.15) is 31.2 Å². The van der Waals surface area contributed by atoms with E-state index >= 15 is 0 Å². The highest BCUT2D eigenvalue weighted by Gasteiger charge is 2.25. The summed E-state index contributed by atoms with van der Waals surface area (Å²) >= 11 is 0. The van der Waals surface area contributed by atoms with Crippen molar-refractivity contribution in [3.05, 3.63) is 29.8 Å². The van der Waals surface area contributed by atoms with Crippen LogP contribution in [-0.4, -0.2) is 22.4 Å². The lowest BCUT2D eigenvalue weighted by Crippen LogP contribution is -2.34. The highest BCUT2D eigenvalue weighted by molar-refractivity contribution is 7.83. The summed E-state index contributed by atoms with van der Waals surface area (Å²) in [5, 5.41) is 2.95. The molecule has 0 heterocycles. The first-order valence-electron chi connectivity index (χ1n) is 7.00. The highest BCUT2D eigenvalue weighted by atomic mass is 35.5. The largest absolute Gasteiger partial charge is 0.328 e. The molecule has 1 aliphatic rings. The Bertz CT molecular complexity index is 510. The van der Waals surface area contributed by atoms with E-state index in [0.29, 0.717) is 5.75 Å². The van der Waals surface area contributed by atoms with E-state index in [-0.39, 0.29) is 30.3 Å². The van der Waals surface area contributed by atoms with Crippen molar-refractivity contribution in [2.45, 2.75) is 37.5 Å². The molecule has 3 atom stereocenters. The van der Waals surface area contributed by atoms with E-state index in [1.807, 2.05) is 24.3 Å². The summed E-state index contributed by atoms with van der Waals surface area (Å²) in [5.41, 5.74) is 7.67. The van der Waals surface area contributed by atoms with E-state index in [0.717, 1.165) is 36.9 Å². The average molecular weight is 331 g/mol. The van der Waals surface area contributed by atoms with Gasteiger partial charge in [0.25, 0.3) is 0 Å². The van der Waals surface area contributed by atoms with Gasteiger partial charge in [-0.1, -0.05) is 18.6 Å². The Morgan fingerprint density at radius 1 is 1.43 bits per heavy atom. The zero-order valence-electron chi connectivity index (χ0n) is 12.2. The molecule has 1 aromatic carbocycles. The van der Waals surface area contributed by atoms with Crippen molar-refractivity contribution in [3.8, 4) is 0 Å². The van der Waals surface area contributed by atoms with Gasteiger partial charge in [-0.2, -0.15) is 0 Å². The summed E-state index contributed by atoms with van der Waals surface area (Å²) in [7, 11) is -0.876. The van der Waals surface area contributed by atoms with Crippen molar-refractivity contribution in [2.24, 2.45) is 11.7 Å². The summed E-state index contributed by atoms with van der Waals surface area (Å²) in [6.45, 7) is 0. The first-order chi connectivity index (χ1) is 9.54. The van der Waals surface area contributed by atoms with Crippen LogP contribution in [0.5, 0.6) is 0 Å². The third-order valence-corrected chi connectivity index (χ3v) is 4.39. The van der Waals surface area contributed by atoms with Gasteiger partial charge in [0, 0.05) is 40.5 Å². The Labute approximate surface area is 134 Å². The number of amides is 1. The van der Waals surface area contributed by atoms with Gasteiger partial charge < -0.3 is 11.1 Å². The number of halogens is 1. The Hall–Kier alpha value is -0.910. The molecular formula is C15H23ClN2O2S. The molecule has 3 N–H and O–H groups in total. The molecule has 1 amide bonds. The van der Waals surface area contributed by atoms with E-state index in [1.54, 1.807) is 6.26 Å². The molecule has 0 radical (unpaired) electrons. The second-order valence-corrected chi connectivity index (χ2v) is 6.97. The predicted molar refractivity (Wildman–Crippen MR) is 90.0 cm³/mol. The monoisotopic (exact) mass is 330 g/mol. The molecule has 118 valence electrons. The number of rotatable bonds is 4. The molecule has 0 saturated heterocycles. The smallest absolute Gasteiger partial charge is 0.227 e. The zero-order chi connectivity index (χ0) is 14.5. The van der Waals surface area contributed by atoms with Crippen LogP contribution in [0, 0.1) is 5.92 Å². The molecule has 0 bridgehead atoms. The van der Waals surface area contributed by atoms with Crippen LogP contribution in [0.3, 0.4) is 0 Å². The van der Waals surface area contributed by atoms with Crippen LogP contribution in [0.15, 0.2) is 24.3 Å². The predicted octanol–water partition coefficient (Wildman–Crippen LogP) is 2.44. The number of nitrogens with one attached hydrogen (secondary N) is 1. The molecule has 0 aromatic heterocycles. The van der Waals surface area contributed by atoms with E-state index in [4.69, 9.17) is 5.73 Å². The number of hydrogen-bond acceptors (Lipinski definition) is 3. The normalized spacial score (nSPS) is 23.0. The van der Waals surface area contributed by atoms with E-state index in [9.17, 15) is 9.00 Å². The molecule has 3 unspecified atom stereocenters. The lowest BCUT2D eigenvalue weighted by Gasteiger charge is -2.25. The van der Waals surface area contributed by atoms with Gasteiger partial charge in [0.15, 0.2) is 0 Å². The molecule has 6 heteroatoms. The van der Waals surface area contributed by atoms with E-state index in [2.05, 4.69) is 5.32 Å². The van der Waals surface area contributed by atoms with Crippen molar-refractivity contribution in [1.82, 2.24) is 0 Å². The summed E-state index contributed by atoms with van der Waals surface area (Å²) in [6, 6.07) is 7.70. The molecule has 21 heavy (non-hydrogen) atoms. The van der Waals surface area contributed by atoms with Crippen molar-refractivity contribution in [3.63, 3.8) is 0 Å². The second-order valence-electron chi connectivity index (χ2n) is 5.53. The second kappa shape index (κ2) is 8.51. The van der Waals surface area contributed by atoms with Crippen molar-refractivity contribution >= 4 is 34.8 Å². The summed E-state index contributed by atoms with van der Waals surface area (Å²) in [6.07, 6.45) is 5.40. The van der Waals surface area contributed by atoms with Gasteiger partial charge in [0.1, 0.15) is 0 Å². The minimum absolute atomic E-state index is 0. The van der Waals surface area contributed by atoms with Gasteiger partial charge in [0.2, 0.25) is 5.91 Å². The Morgan fingerprint density at radius 3 is 2.86 bits per heavy atom. The third kappa shape index (κ3) is 5.77. The fourth-order valence-electron chi connectivity index (χ4n) is 2.68. The number of nitrogens with two attached hydrogens (primary N) is 1. The van der Waals surface area contributed by atoms with E-state index < -0.39 is 10.8 Å². The number of carbonyl (C=O) groups is 1. The van der Waals surface area contributed by atoms with Crippen LogP contribution in [-0.2, 0) is 21.3 Å². The van der Waals surface area contributed by atoms with Crippen molar-refractivity contribution in [2.75, 3.05) is 11.6 Å². The number of benzene rings is 1. The first-order valence-corrected chi connectivity index (χ1v) is 8.72. The maximum Gasteiger partial charge on any atom is 0.227 e. The van der Waals surface area contributed by atoms with Crippen molar-refractivity contribution < 1.29 is 9.00 Å². The van der Waals surface area contributed by atoms with Gasteiger partial charge in [-0.15, -0.1) is 12.4 Å². The van der Waals surface area contributed by atoms with Crippen LogP contribution < -0.4 is 11.1 Å². The fraction of sp³-hybridized carbons (Fsp3) is 0.533. The Morgan fingerprint density at radius 2 is 2.19 bits per heavy atom. The molecule has 4 nitrogen and oxygen atoms in total. The highest BCUT2D eigenvalue weighted by Crippen LogP contribution is 2.24. The molecule has 1 aliphatic carbocycles. The topological polar surface area (TPSA) is 72.2 Å². The number of hydrogen-bond donors (Lipinski definition) is 2. The zero-order valence-corrected chi connectivity index (χ0v) is 13.8. The molecule has 1 aromatic rings. The summed E-state index contributed by atoms with van der Waals surface area (Å²) in [5.74, 6) is 0.579. The Kier molecular flexibility index (Phi) is 7.35. The third-order valence-electron chi connectivity index (χ3n) is 3.65. The molecular weight excluding hydrogens is 308 g/mol. The molecule has 0 spiro atoms. The number of carbonyl (C=O) groups excluding carboxylic acids is 1. The maximum atomic E-state index is 12.2. The summed E-state index contributed by atoms with van der Waals surface area (Å²) < 4.78 is 11.2. The maximum absolute atomic E-state index is 12.2. The molecule has 1 saturated carbocycles. The standard InChI is InChI=1S/C15H22N2O2S.ClH/c1-20(19)10-11-4-2-7-14(8-11)17-15(18)12-5-3-6-13(16)9-12;/h2,4,7-8,12-13H,3,5-6,9-10,16H2,1H3,(H,17,18);1H. The fourth-order valence-corrected chi connectivity index (χ4v) is 3.33. The Balaban J connectivity index is 0.00000220. The van der Waals surface area contributed by atoms with Crippen LogP contribution in [0.4, 0.5) is 5.69 Å². The van der Waals surface area contributed by atoms with Gasteiger partial charge in [-0.3, -0.25) is 9.00 Å². The molecule has 2 rings (SSSR count). The van der Waals surface area contributed by atoms with Crippen LogP contribution in [0.2, 0.25) is 0 Å². The van der Waals surface area contributed by atoms with Crippen LogP contribution >= 0.6 is 12.4 Å². The first kappa shape index (κ1) is 18.1.